The number of rotatable bonds is 6. The number of morpholine rings is 1. The molecule has 9 nitrogen and oxygen atoms in total. The highest BCUT2D eigenvalue weighted by molar-refractivity contribution is 7.89. The third kappa shape index (κ3) is 8.50. The Hall–Kier alpha value is -1.39. The minimum Gasteiger partial charge on any atom is -0.444 e. The highest BCUT2D eigenvalue weighted by Gasteiger charge is 2.30. The topological polar surface area (TPSA) is 114 Å². The van der Waals surface area contributed by atoms with Crippen LogP contribution >= 0.6 is 0 Å². The largest absolute Gasteiger partial charge is 0.444 e. The first-order valence-electron chi connectivity index (χ1n) is 8.26. The lowest BCUT2D eigenvalue weighted by Gasteiger charge is -2.34. The molecule has 146 valence electrons. The Morgan fingerprint density at radius 3 is 2.24 bits per heavy atom. The summed E-state index contributed by atoms with van der Waals surface area (Å²) in [6, 6.07) is 0. The van der Waals surface area contributed by atoms with Crippen molar-refractivity contribution in [1.29, 1.82) is 0 Å². The Morgan fingerprint density at radius 1 is 1.16 bits per heavy atom. The summed E-state index contributed by atoms with van der Waals surface area (Å²) in [4.78, 5) is 23.1. The fourth-order valence-electron chi connectivity index (χ4n) is 2.34. The van der Waals surface area contributed by atoms with Crippen LogP contribution < -0.4 is 10.6 Å². The van der Waals surface area contributed by atoms with Crippen molar-refractivity contribution < 1.29 is 27.5 Å². The van der Waals surface area contributed by atoms with Gasteiger partial charge in [-0.05, 0) is 34.6 Å². The summed E-state index contributed by atoms with van der Waals surface area (Å²) in [5.41, 5.74) is -0.652. The molecule has 0 spiro atoms. The van der Waals surface area contributed by atoms with E-state index in [1.807, 2.05) is 13.8 Å². The first-order chi connectivity index (χ1) is 11.4. The number of carbonyl (C=O) groups is 2. The third-order valence-corrected chi connectivity index (χ3v) is 5.06. The van der Waals surface area contributed by atoms with E-state index in [2.05, 4.69) is 10.6 Å². The fourth-order valence-corrected chi connectivity index (χ4v) is 3.83. The number of nitrogens with zero attached hydrogens (tertiary/aromatic N) is 1. The predicted molar refractivity (Wildman–Crippen MR) is 92.6 cm³/mol. The van der Waals surface area contributed by atoms with Crippen LogP contribution in [0.2, 0.25) is 0 Å². The second-order valence-corrected chi connectivity index (χ2v) is 9.18. The highest BCUT2D eigenvalue weighted by Crippen LogP contribution is 2.14. The van der Waals surface area contributed by atoms with Crippen LogP contribution in [0.1, 0.15) is 34.6 Å². The van der Waals surface area contributed by atoms with Crippen LogP contribution in [-0.4, -0.2) is 74.5 Å². The number of ether oxygens (including phenoxy) is 2. The summed E-state index contributed by atoms with van der Waals surface area (Å²) in [7, 11) is -3.47. The van der Waals surface area contributed by atoms with Crippen LogP contribution in [0.15, 0.2) is 0 Å². The summed E-state index contributed by atoms with van der Waals surface area (Å²) in [6.45, 7) is 9.09. The molecule has 25 heavy (non-hydrogen) atoms. The van der Waals surface area contributed by atoms with Crippen molar-refractivity contribution >= 4 is 22.0 Å². The molecule has 0 bridgehead atoms. The van der Waals surface area contributed by atoms with Gasteiger partial charge in [0.2, 0.25) is 15.9 Å². The van der Waals surface area contributed by atoms with Crippen LogP contribution in [0.4, 0.5) is 4.79 Å². The normalized spacial score (nSPS) is 22.3. The standard InChI is InChI=1S/C15H29N3O6S/c1-11-9-18(10-12(2)23-11)25(21,22)7-6-16-13(19)8-17-14(20)24-15(3,4)5/h11-12H,6-10H2,1-5H3,(H,16,19)(H,17,20)/t11-,12-/m0/s1. The van der Waals surface area contributed by atoms with Crippen LogP contribution in [0.3, 0.4) is 0 Å². The Balaban J connectivity index is 2.33. The van der Waals surface area contributed by atoms with E-state index < -0.39 is 27.6 Å². The molecule has 0 unspecified atom stereocenters. The van der Waals surface area contributed by atoms with E-state index in [1.165, 1.54) is 4.31 Å². The third-order valence-electron chi connectivity index (χ3n) is 3.25. The average molecular weight is 379 g/mol. The van der Waals surface area contributed by atoms with Gasteiger partial charge in [0.1, 0.15) is 5.60 Å². The Bertz CT molecular complexity index is 562. The molecule has 1 heterocycles. The minimum atomic E-state index is -3.47. The van der Waals surface area contributed by atoms with Gasteiger partial charge in [-0.25, -0.2) is 13.2 Å². The van der Waals surface area contributed by atoms with Gasteiger partial charge < -0.3 is 20.1 Å². The van der Waals surface area contributed by atoms with Crippen LogP contribution in [0.25, 0.3) is 0 Å². The monoisotopic (exact) mass is 379 g/mol. The highest BCUT2D eigenvalue weighted by atomic mass is 32.2. The smallest absolute Gasteiger partial charge is 0.408 e. The molecule has 2 atom stereocenters. The molecular formula is C15H29N3O6S. The van der Waals surface area contributed by atoms with Gasteiger partial charge in [0.25, 0.3) is 0 Å². The number of hydrogen-bond donors (Lipinski definition) is 2. The van der Waals surface area contributed by atoms with E-state index in [4.69, 9.17) is 9.47 Å². The molecule has 1 fully saturated rings. The molecule has 0 radical (unpaired) electrons. The first kappa shape index (κ1) is 21.7. The number of sulfonamides is 1. The number of alkyl carbamates (subject to hydrolysis) is 1. The van der Waals surface area contributed by atoms with E-state index in [9.17, 15) is 18.0 Å². The molecule has 0 aliphatic carbocycles. The zero-order chi connectivity index (χ0) is 19.3. The van der Waals surface area contributed by atoms with Crippen LogP contribution in [0, 0.1) is 0 Å². The summed E-state index contributed by atoms with van der Waals surface area (Å²) in [6.07, 6.45) is -1.02. The molecule has 1 rings (SSSR count). The second-order valence-electron chi connectivity index (χ2n) is 7.10. The van der Waals surface area contributed by atoms with Gasteiger partial charge in [-0.2, -0.15) is 4.31 Å². The lowest BCUT2D eigenvalue weighted by molar-refractivity contribution is -0.120. The van der Waals surface area contributed by atoms with Gasteiger partial charge in [-0.1, -0.05) is 0 Å². The SMILES string of the molecule is C[C@H]1CN(S(=O)(=O)CCNC(=O)CNC(=O)OC(C)(C)C)C[C@H](C)O1. The minimum absolute atomic E-state index is 0.0305. The number of nitrogens with one attached hydrogen (secondary N) is 2. The average Bonchev–Trinajstić information content (AvgIpc) is 2.42. The molecule has 0 aromatic carbocycles. The van der Waals surface area contributed by atoms with Crippen molar-refractivity contribution in [2.24, 2.45) is 0 Å². The maximum atomic E-state index is 12.3. The van der Waals surface area contributed by atoms with E-state index >= 15 is 0 Å². The number of carbonyl (C=O) groups excluding carboxylic acids is 2. The van der Waals surface area contributed by atoms with Crippen LogP contribution in [-0.2, 0) is 24.3 Å². The fraction of sp³-hybridized carbons (Fsp3) is 0.867. The molecule has 2 amide bonds. The lowest BCUT2D eigenvalue weighted by atomic mass is 10.2. The lowest BCUT2D eigenvalue weighted by Crippen LogP contribution is -2.50. The van der Waals surface area contributed by atoms with Crippen molar-refractivity contribution in [3.8, 4) is 0 Å². The van der Waals surface area contributed by atoms with Crippen molar-refractivity contribution in [2.75, 3.05) is 31.9 Å². The zero-order valence-corrected chi connectivity index (χ0v) is 16.3. The Kier molecular flexibility index (Phi) is 7.63. The van der Waals surface area contributed by atoms with Crippen molar-refractivity contribution in [3.05, 3.63) is 0 Å². The van der Waals surface area contributed by atoms with Gasteiger partial charge in [0.05, 0.1) is 24.5 Å². The van der Waals surface area contributed by atoms with Crippen molar-refractivity contribution in [3.63, 3.8) is 0 Å². The molecule has 0 aromatic heterocycles. The van der Waals surface area contributed by atoms with E-state index in [0.29, 0.717) is 13.1 Å². The van der Waals surface area contributed by atoms with E-state index in [0.717, 1.165) is 0 Å². The molecule has 10 heteroatoms. The molecule has 2 N–H and O–H groups in total. The van der Waals surface area contributed by atoms with E-state index in [-0.39, 0.29) is 31.1 Å². The van der Waals surface area contributed by atoms with Gasteiger partial charge in [-0.3, -0.25) is 4.79 Å². The Labute approximate surface area is 149 Å². The summed E-state index contributed by atoms with van der Waals surface area (Å²) in [5, 5.41) is 4.78. The molecule has 0 aromatic rings. The maximum absolute atomic E-state index is 12.3. The van der Waals surface area contributed by atoms with E-state index in [1.54, 1.807) is 20.8 Å². The molecule has 1 aliphatic heterocycles. The summed E-state index contributed by atoms with van der Waals surface area (Å²) < 4.78 is 36.5. The molecular weight excluding hydrogens is 350 g/mol. The van der Waals surface area contributed by atoms with Gasteiger partial charge in [0.15, 0.2) is 0 Å². The molecule has 0 saturated carbocycles. The second kappa shape index (κ2) is 8.81. The maximum Gasteiger partial charge on any atom is 0.408 e. The molecule has 1 aliphatic rings. The number of amides is 2. The van der Waals surface area contributed by atoms with Gasteiger partial charge >= 0.3 is 6.09 Å². The van der Waals surface area contributed by atoms with Crippen molar-refractivity contribution in [1.82, 2.24) is 14.9 Å². The zero-order valence-electron chi connectivity index (χ0n) is 15.5. The quantitative estimate of drug-likeness (QED) is 0.675. The summed E-state index contributed by atoms with van der Waals surface area (Å²) >= 11 is 0. The van der Waals surface area contributed by atoms with Crippen molar-refractivity contribution in [2.45, 2.75) is 52.4 Å². The predicted octanol–water partition coefficient (Wildman–Crippen LogP) is 0.0663. The first-order valence-corrected chi connectivity index (χ1v) is 9.87. The molecule has 1 saturated heterocycles. The number of hydrogen-bond acceptors (Lipinski definition) is 6. The van der Waals surface area contributed by atoms with Crippen LogP contribution in [0.5, 0.6) is 0 Å². The van der Waals surface area contributed by atoms with Gasteiger partial charge in [-0.15, -0.1) is 0 Å². The Morgan fingerprint density at radius 2 is 1.72 bits per heavy atom. The van der Waals surface area contributed by atoms with Gasteiger partial charge in [0, 0.05) is 19.6 Å². The summed E-state index contributed by atoms with van der Waals surface area (Å²) in [5.74, 6) is -0.685.